The van der Waals surface area contributed by atoms with Crippen molar-refractivity contribution in [2.24, 2.45) is 0 Å². The SMILES string of the molecule is CC/C=C\C/C=C\C/C=C\C/C=C\C/C=C\C/C=C\C/C=C\C/C=C\CCCCC(=O)OC(CO)COC(=O)CCCCCCCCC/C=C\C/C=C\C/C=C\C/C=C\C/C=C\C/C=C\C/C=C\CC. The molecule has 1 N–H and O–H groups in total. The van der Waals surface area contributed by atoms with Gasteiger partial charge in [0.15, 0.2) is 6.10 Å². The molecule has 0 rings (SSSR count). The topological polar surface area (TPSA) is 72.8 Å². The van der Waals surface area contributed by atoms with Gasteiger partial charge in [-0.05, 0) is 135 Å². The van der Waals surface area contributed by atoms with Gasteiger partial charge in [0, 0.05) is 12.8 Å². The molecule has 1 unspecified atom stereocenters. The summed E-state index contributed by atoms with van der Waals surface area (Å²) in [4.78, 5) is 24.5. The van der Waals surface area contributed by atoms with Crippen molar-refractivity contribution in [1.29, 1.82) is 0 Å². The molecule has 0 aromatic carbocycles. The van der Waals surface area contributed by atoms with Crippen LogP contribution in [0.4, 0.5) is 0 Å². The van der Waals surface area contributed by atoms with E-state index in [9.17, 15) is 14.7 Å². The van der Waals surface area contributed by atoms with Gasteiger partial charge in [-0.15, -0.1) is 0 Å². The normalized spacial score (nSPS) is 13.7. The van der Waals surface area contributed by atoms with Crippen LogP contribution in [0, 0.1) is 0 Å². The van der Waals surface area contributed by atoms with Crippen LogP contribution in [0.1, 0.15) is 194 Å². The maximum absolute atomic E-state index is 12.3. The van der Waals surface area contributed by atoms with Crippen molar-refractivity contribution in [3.63, 3.8) is 0 Å². The molecule has 70 heavy (non-hydrogen) atoms. The van der Waals surface area contributed by atoms with Crippen LogP contribution in [0.5, 0.6) is 0 Å². The van der Waals surface area contributed by atoms with Gasteiger partial charge in [0.1, 0.15) is 6.61 Å². The van der Waals surface area contributed by atoms with Gasteiger partial charge in [-0.25, -0.2) is 0 Å². The van der Waals surface area contributed by atoms with Gasteiger partial charge in [-0.2, -0.15) is 0 Å². The van der Waals surface area contributed by atoms with E-state index in [0.29, 0.717) is 12.8 Å². The van der Waals surface area contributed by atoms with Crippen LogP contribution in [0.25, 0.3) is 0 Å². The van der Waals surface area contributed by atoms with E-state index in [2.05, 4.69) is 196 Å². The van der Waals surface area contributed by atoms with Crippen LogP contribution < -0.4 is 0 Å². The quantitative estimate of drug-likeness (QED) is 0.0374. The van der Waals surface area contributed by atoms with Crippen molar-refractivity contribution < 1.29 is 24.2 Å². The van der Waals surface area contributed by atoms with Crippen LogP contribution in [0.3, 0.4) is 0 Å². The Bertz CT molecular complexity index is 1650. The van der Waals surface area contributed by atoms with Crippen molar-refractivity contribution in [3.05, 3.63) is 182 Å². The molecule has 0 aromatic heterocycles. The molecule has 1 atom stereocenters. The van der Waals surface area contributed by atoms with Crippen molar-refractivity contribution >= 4 is 11.9 Å². The molecule has 0 saturated carbocycles. The Morgan fingerprint density at radius 2 is 0.571 bits per heavy atom. The summed E-state index contributed by atoms with van der Waals surface area (Å²) in [5, 5.41) is 9.64. The molecule has 0 fully saturated rings. The zero-order valence-electron chi connectivity index (χ0n) is 44.2. The Labute approximate surface area is 429 Å². The average molecular weight is 959 g/mol. The van der Waals surface area contributed by atoms with E-state index in [1.807, 2.05) is 0 Å². The maximum atomic E-state index is 12.3. The Balaban J connectivity index is 3.71. The standard InChI is InChI=1S/C65H98O5/c1-3-5-7-9-11-13-15-17-19-21-23-25-27-29-31-32-34-35-37-39-41-43-45-47-49-51-53-55-57-59-64(67)69-62-63(61-66)70-65(68)60-58-56-54-52-50-48-46-44-42-40-38-36-33-30-28-26-24-22-20-18-16-14-12-10-8-6-4-2/h5-8,11-14,17-20,23-26,29-31,33-35,38-41,44,46,50,52,63,66H,3-4,9-10,15-16,21-22,27-28,32,36-37,42-43,45,47-49,51,53-62H2,1-2H3/b7-5-,8-6-,13-11-,14-12-,19-17-,20-18-,25-23-,26-24-,31-29-,33-30-,35-34-,40-38-,41-39-,46-44-,52-50-. The summed E-state index contributed by atoms with van der Waals surface area (Å²) in [6, 6.07) is 0. The highest BCUT2D eigenvalue weighted by Gasteiger charge is 2.16. The molecule has 0 aromatic rings. The first-order valence-corrected chi connectivity index (χ1v) is 27.3. The highest BCUT2D eigenvalue weighted by Crippen LogP contribution is 2.12. The summed E-state index contributed by atoms with van der Waals surface area (Å²) in [5.74, 6) is -0.672. The van der Waals surface area contributed by atoms with E-state index < -0.39 is 6.10 Å². The summed E-state index contributed by atoms with van der Waals surface area (Å²) >= 11 is 0. The predicted octanol–water partition coefficient (Wildman–Crippen LogP) is 18.7. The molecule has 0 heterocycles. The average Bonchev–Trinajstić information content (AvgIpc) is 3.36. The molecule has 5 heteroatoms. The number of esters is 2. The Morgan fingerprint density at radius 1 is 0.329 bits per heavy atom. The van der Waals surface area contributed by atoms with E-state index in [0.717, 1.165) is 135 Å². The number of hydrogen-bond donors (Lipinski definition) is 1. The molecule has 388 valence electrons. The first-order chi connectivity index (χ1) is 34.6. The minimum absolute atomic E-state index is 0.104. The maximum Gasteiger partial charge on any atom is 0.306 e. The van der Waals surface area contributed by atoms with E-state index >= 15 is 0 Å². The molecule has 0 aliphatic rings. The van der Waals surface area contributed by atoms with Crippen LogP contribution in [-0.2, 0) is 19.1 Å². The third-order valence-corrected chi connectivity index (χ3v) is 10.7. The van der Waals surface area contributed by atoms with E-state index in [1.54, 1.807) is 0 Å². The molecule has 0 aliphatic carbocycles. The first-order valence-electron chi connectivity index (χ1n) is 27.3. The third kappa shape index (κ3) is 55.6. The highest BCUT2D eigenvalue weighted by atomic mass is 16.6. The van der Waals surface area contributed by atoms with Gasteiger partial charge in [0.05, 0.1) is 6.61 Å². The lowest BCUT2D eigenvalue weighted by atomic mass is 10.1. The number of aliphatic hydroxyl groups is 1. The van der Waals surface area contributed by atoms with Gasteiger partial charge < -0.3 is 14.6 Å². The van der Waals surface area contributed by atoms with Crippen molar-refractivity contribution in [3.8, 4) is 0 Å². The smallest absolute Gasteiger partial charge is 0.306 e. The van der Waals surface area contributed by atoms with E-state index in [4.69, 9.17) is 9.47 Å². The molecule has 0 amide bonds. The molecule has 0 saturated heterocycles. The number of rotatable bonds is 47. The number of carbonyl (C=O) groups excluding carboxylic acids is 2. The van der Waals surface area contributed by atoms with Gasteiger partial charge in [0.25, 0.3) is 0 Å². The molecule has 5 nitrogen and oxygen atoms in total. The monoisotopic (exact) mass is 959 g/mol. The number of aliphatic hydroxyl groups excluding tert-OH is 1. The van der Waals surface area contributed by atoms with Gasteiger partial charge in [-0.3, -0.25) is 9.59 Å². The zero-order valence-corrected chi connectivity index (χ0v) is 44.2. The second kappa shape index (κ2) is 58.3. The van der Waals surface area contributed by atoms with Crippen molar-refractivity contribution in [1.82, 2.24) is 0 Å². The Morgan fingerprint density at radius 3 is 0.886 bits per heavy atom. The van der Waals surface area contributed by atoms with Gasteiger partial charge >= 0.3 is 11.9 Å². The summed E-state index contributed by atoms with van der Waals surface area (Å²) in [6.45, 7) is 3.85. The fourth-order valence-electron chi connectivity index (χ4n) is 6.67. The second-order valence-corrected chi connectivity index (χ2v) is 17.2. The zero-order chi connectivity index (χ0) is 50.6. The Kier molecular flexibility index (Phi) is 54.1. The molecule has 0 bridgehead atoms. The van der Waals surface area contributed by atoms with E-state index in [1.165, 1.54) is 25.7 Å². The fraction of sp³-hybridized carbons (Fsp3) is 0.508. The first kappa shape index (κ1) is 65.0. The van der Waals surface area contributed by atoms with Crippen molar-refractivity contribution in [2.75, 3.05) is 13.2 Å². The third-order valence-electron chi connectivity index (χ3n) is 10.7. The van der Waals surface area contributed by atoms with Gasteiger partial charge in [0.2, 0.25) is 0 Å². The fourth-order valence-corrected chi connectivity index (χ4v) is 6.67. The predicted molar refractivity (Wildman–Crippen MR) is 306 cm³/mol. The van der Waals surface area contributed by atoms with Crippen molar-refractivity contribution in [2.45, 2.75) is 200 Å². The summed E-state index contributed by atoms with van der Waals surface area (Å²) in [5.41, 5.74) is 0. The minimum atomic E-state index is -0.817. The molecule has 0 spiro atoms. The summed E-state index contributed by atoms with van der Waals surface area (Å²) in [6.07, 6.45) is 92.7. The molecule has 0 aliphatic heterocycles. The number of unbranched alkanes of at least 4 members (excludes halogenated alkanes) is 9. The lowest BCUT2D eigenvalue weighted by Gasteiger charge is -2.15. The van der Waals surface area contributed by atoms with E-state index in [-0.39, 0.29) is 31.6 Å². The van der Waals surface area contributed by atoms with Crippen LogP contribution in [0.2, 0.25) is 0 Å². The number of ether oxygens (including phenoxy) is 2. The highest BCUT2D eigenvalue weighted by molar-refractivity contribution is 5.70. The Hall–Kier alpha value is -5.00. The van der Waals surface area contributed by atoms with Crippen LogP contribution >= 0.6 is 0 Å². The largest absolute Gasteiger partial charge is 0.462 e. The van der Waals surface area contributed by atoms with Crippen LogP contribution in [-0.4, -0.2) is 36.4 Å². The van der Waals surface area contributed by atoms with Gasteiger partial charge in [-0.1, -0.05) is 228 Å². The lowest BCUT2D eigenvalue weighted by Crippen LogP contribution is -2.28. The molecular formula is C65H98O5. The number of hydrogen-bond acceptors (Lipinski definition) is 5. The minimum Gasteiger partial charge on any atom is -0.462 e. The number of allylic oxidation sites excluding steroid dienone is 30. The summed E-state index contributed by atoms with van der Waals surface area (Å²) in [7, 11) is 0. The second-order valence-electron chi connectivity index (χ2n) is 17.2. The molecule has 0 radical (unpaired) electrons. The number of carbonyl (C=O) groups is 2. The molecular weight excluding hydrogens is 861 g/mol. The van der Waals surface area contributed by atoms with Crippen LogP contribution in [0.15, 0.2) is 182 Å². The lowest BCUT2D eigenvalue weighted by molar-refractivity contribution is -0.161. The summed E-state index contributed by atoms with van der Waals surface area (Å²) < 4.78 is 10.6.